The Labute approximate surface area is 173 Å². The van der Waals surface area contributed by atoms with E-state index in [9.17, 15) is 9.59 Å². The molecule has 3 aromatic carbocycles. The van der Waals surface area contributed by atoms with Gasteiger partial charge in [-0.2, -0.15) is 0 Å². The lowest BCUT2D eigenvalue weighted by Gasteiger charge is -2.21. The van der Waals surface area contributed by atoms with E-state index in [-0.39, 0.29) is 19.1 Å². The van der Waals surface area contributed by atoms with Crippen LogP contribution in [0, 0.1) is 0 Å². The van der Waals surface area contributed by atoms with Crippen molar-refractivity contribution in [3.63, 3.8) is 0 Å². The number of carbonyl (C=O) groups excluding carboxylic acids is 2. The maximum atomic E-state index is 12.3. The third-order valence-corrected chi connectivity index (χ3v) is 5.17. The first-order chi connectivity index (χ1) is 14.1. The lowest BCUT2D eigenvalue weighted by molar-refractivity contribution is 0.113. The molecule has 2 amide bonds. The Kier molecular flexibility index (Phi) is 5.49. The number of amides is 2. The highest BCUT2D eigenvalue weighted by atomic mass is 35.5. The summed E-state index contributed by atoms with van der Waals surface area (Å²) >= 11 is 5.62. The zero-order valence-electron chi connectivity index (χ0n) is 15.5. The first-order valence-electron chi connectivity index (χ1n) is 9.26. The molecular weight excluding hydrogens is 388 g/mol. The van der Waals surface area contributed by atoms with Gasteiger partial charge in [-0.15, -0.1) is 0 Å². The van der Waals surface area contributed by atoms with E-state index in [2.05, 4.69) is 17.6 Å². The van der Waals surface area contributed by atoms with Gasteiger partial charge in [0.1, 0.15) is 6.61 Å². The number of benzene rings is 3. The van der Waals surface area contributed by atoms with Crippen LogP contribution in [0.15, 0.2) is 78.9 Å². The molecule has 1 N–H and O–H groups in total. The summed E-state index contributed by atoms with van der Waals surface area (Å²) in [5, 5.41) is 0.234. The van der Waals surface area contributed by atoms with E-state index in [1.807, 2.05) is 66.7 Å². The standard InChI is InChI=1S/C23H19ClN2O3/c24-22(27)26(14-16-8-2-1-3-9-16)25-23(28)29-15-21-19-12-6-4-10-17(19)18-11-5-7-13-20(18)21/h1-13,21H,14-15H2,(H,25,28). The smallest absolute Gasteiger partial charge is 0.426 e. The van der Waals surface area contributed by atoms with Crippen molar-refractivity contribution in [2.45, 2.75) is 12.5 Å². The lowest BCUT2D eigenvalue weighted by atomic mass is 9.98. The monoisotopic (exact) mass is 406 g/mol. The van der Waals surface area contributed by atoms with E-state index in [1.165, 1.54) is 0 Å². The van der Waals surface area contributed by atoms with E-state index < -0.39 is 11.5 Å². The summed E-state index contributed by atoms with van der Waals surface area (Å²) in [5.41, 5.74) is 7.81. The minimum absolute atomic E-state index is 0.0533. The number of rotatable bonds is 4. The molecule has 1 aliphatic carbocycles. The lowest BCUT2D eigenvalue weighted by Crippen LogP contribution is -2.43. The average molecular weight is 407 g/mol. The Balaban J connectivity index is 1.43. The van der Waals surface area contributed by atoms with Crippen molar-refractivity contribution in [1.82, 2.24) is 10.4 Å². The second-order valence-corrected chi connectivity index (χ2v) is 7.09. The van der Waals surface area contributed by atoms with Crippen molar-refractivity contribution >= 4 is 23.1 Å². The number of ether oxygens (including phenoxy) is 1. The number of hydrogen-bond donors (Lipinski definition) is 1. The van der Waals surface area contributed by atoms with Crippen LogP contribution in [0.4, 0.5) is 9.59 Å². The van der Waals surface area contributed by atoms with E-state index in [0.29, 0.717) is 0 Å². The molecule has 146 valence electrons. The minimum Gasteiger partial charge on any atom is -0.447 e. The quantitative estimate of drug-likeness (QED) is 0.363. The van der Waals surface area contributed by atoms with Crippen LogP contribution < -0.4 is 5.43 Å². The topological polar surface area (TPSA) is 58.6 Å². The number of halogens is 1. The van der Waals surface area contributed by atoms with Gasteiger partial charge in [-0.1, -0.05) is 78.9 Å². The average Bonchev–Trinajstić information content (AvgIpc) is 3.06. The maximum absolute atomic E-state index is 12.3. The van der Waals surface area contributed by atoms with Gasteiger partial charge in [0.05, 0.1) is 6.54 Å². The molecule has 29 heavy (non-hydrogen) atoms. The van der Waals surface area contributed by atoms with Crippen LogP contribution in [0.2, 0.25) is 0 Å². The van der Waals surface area contributed by atoms with E-state index in [1.54, 1.807) is 0 Å². The van der Waals surface area contributed by atoms with Crippen LogP contribution in [0.3, 0.4) is 0 Å². The Bertz CT molecular complexity index is 994. The summed E-state index contributed by atoms with van der Waals surface area (Å²) in [7, 11) is 0. The molecule has 5 nitrogen and oxygen atoms in total. The van der Waals surface area contributed by atoms with Crippen LogP contribution in [-0.4, -0.2) is 23.1 Å². The van der Waals surface area contributed by atoms with Crippen LogP contribution in [0.1, 0.15) is 22.6 Å². The van der Waals surface area contributed by atoms with Crippen molar-refractivity contribution in [2.75, 3.05) is 6.61 Å². The van der Waals surface area contributed by atoms with Crippen molar-refractivity contribution in [1.29, 1.82) is 0 Å². The van der Waals surface area contributed by atoms with Gasteiger partial charge in [0.2, 0.25) is 0 Å². The number of nitrogens with zero attached hydrogens (tertiary/aromatic N) is 1. The molecule has 0 atom stereocenters. The van der Waals surface area contributed by atoms with Gasteiger partial charge in [0, 0.05) is 5.92 Å². The van der Waals surface area contributed by atoms with Gasteiger partial charge in [-0.3, -0.25) is 4.79 Å². The molecule has 0 saturated heterocycles. The molecule has 0 aliphatic heterocycles. The molecule has 0 spiro atoms. The summed E-state index contributed by atoms with van der Waals surface area (Å²) < 4.78 is 5.46. The first-order valence-corrected chi connectivity index (χ1v) is 9.64. The van der Waals surface area contributed by atoms with Crippen LogP contribution >= 0.6 is 11.6 Å². The second-order valence-electron chi connectivity index (χ2n) is 6.76. The summed E-state index contributed by atoms with van der Waals surface area (Å²) in [4.78, 5) is 24.0. The van der Waals surface area contributed by atoms with Gasteiger partial charge in [-0.25, -0.2) is 15.2 Å². The molecule has 0 fully saturated rings. The molecule has 0 heterocycles. The number of carbonyl (C=O) groups is 2. The molecule has 6 heteroatoms. The fraction of sp³-hybridized carbons (Fsp3) is 0.130. The molecule has 3 aromatic rings. The van der Waals surface area contributed by atoms with Crippen LogP contribution in [0.25, 0.3) is 11.1 Å². The SMILES string of the molecule is O=C(NN(Cc1ccccc1)C(=O)Cl)OCC1c2ccccc2-c2ccccc21. The number of nitrogens with one attached hydrogen (secondary N) is 1. The van der Waals surface area contributed by atoms with Gasteiger partial charge in [0.15, 0.2) is 0 Å². The van der Waals surface area contributed by atoms with E-state index >= 15 is 0 Å². The van der Waals surface area contributed by atoms with Gasteiger partial charge < -0.3 is 4.74 Å². The molecule has 0 unspecified atom stereocenters. The first kappa shape index (κ1) is 19.0. The van der Waals surface area contributed by atoms with Crippen molar-refractivity contribution < 1.29 is 14.3 Å². The van der Waals surface area contributed by atoms with Crippen molar-refractivity contribution in [2.24, 2.45) is 0 Å². The number of hydrogen-bond acceptors (Lipinski definition) is 3. The summed E-state index contributed by atoms with van der Waals surface area (Å²) in [6.45, 7) is 0.308. The zero-order chi connectivity index (χ0) is 20.2. The minimum atomic E-state index is -0.789. The molecule has 0 saturated carbocycles. The van der Waals surface area contributed by atoms with Gasteiger partial charge in [0.25, 0.3) is 0 Å². The predicted molar refractivity (Wildman–Crippen MR) is 111 cm³/mol. The van der Waals surface area contributed by atoms with Gasteiger partial charge >= 0.3 is 11.5 Å². The molecule has 1 aliphatic rings. The van der Waals surface area contributed by atoms with Crippen LogP contribution in [0.5, 0.6) is 0 Å². The highest BCUT2D eigenvalue weighted by Gasteiger charge is 2.29. The summed E-state index contributed by atoms with van der Waals surface area (Å²) in [6.07, 6.45) is -0.725. The fourth-order valence-electron chi connectivity index (χ4n) is 3.65. The Hall–Kier alpha value is -3.31. The van der Waals surface area contributed by atoms with Crippen molar-refractivity contribution in [3.05, 3.63) is 95.6 Å². The second kappa shape index (κ2) is 8.37. The Morgan fingerprint density at radius 3 is 2.00 bits per heavy atom. The number of hydrazine groups is 1. The zero-order valence-corrected chi connectivity index (χ0v) is 16.3. The van der Waals surface area contributed by atoms with Crippen molar-refractivity contribution in [3.8, 4) is 11.1 Å². The molecule has 0 bridgehead atoms. The van der Waals surface area contributed by atoms with Crippen LogP contribution in [-0.2, 0) is 11.3 Å². The molecular formula is C23H19ClN2O3. The summed E-state index contributed by atoms with van der Waals surface area (Å²) in [6, 6.07) is 25.4. The maximum Gasteiger partial charge on any atom is 0.426 e. The highest BCUT2D eigenvalue weighted by molar-refractivity contribution is 6.62. The van der Waals surface area contributed by atoms with Gasteiger partial charge in [-0.05, 0) is 39.4 Å². The normalized spacial score (nSPS) is 12.0. The fourth-order valence-corrected chi connectivity index (χ4v) is 3.75. The summed E-state index contributed by atoms with van der Waals surface area (Å²) in [5.74, 6) is -0.0533. The molecule has 0 aromatic heterocycles. The van der Waals surface area contributed by atoms with E-state index in [4.69, 9.17) is 16.3 Å². The Morgan fingerprint density at radius 1 is 0.862 bits per heavy atom. The third kappa shape index (κ3) is 4.10. The highest BCUT2D eigenvalue weighted by Crippen LogP contribution is 2.44. The predicted octanol–water partition coefficient (Wildman–Crippen LogP) is 5.30. The largest absolute Gasteiger partial charge is 0.447 e. The Morgan fingerprint density at radius 2 is 1.41 bits per heavy atom. The molecule has 0 radical (unpaired) electrons. The number of fused-ring (bicyclic) bond motifs is 3. The third-order valence-electron chi connectivity index (χ3n) is 4.97. The molecule has 4 rings (SSSR count). The van der Waals surface area contributed by atoms with E-state index in [0.717, 1.165) is 32.8 Å².